The van der Waals surface area contributed by atoms with Crippen molar-refractivity contribution in [2.45, 2.75) is 45.8 Å². The van der Waals surface area contributed by atoms with Crippen LogP contribution in [0.25, 0.3) is 45.0 Å². The van der Waals surface area contributed by atoms with Crippen molar-refractivity contribution >= 4 is 63.8 Å². The minimum absolute atomic E-state index is 0. The molecule has 0 bridgehead atoms. The number of aliphatic hydroxyl groups is 2. The van der Waals surface area contributed by atoms with E-state index in [1.54, 1.807) is 54.2 Å². The van der Waals surface area contributed by atoms with Gasteiger partial charge in [-0.2, -0.15) is 26.3 Å². The van der Waals surface area contributed by atoms with E-state index >= 15 is 0 Å². The van der Waals surface area contributed by atoms with Gasteiger partial charge in [0, 0.05) is 247 Å². The Morgan fingerprint density at radius 3 is 0.839 bits per heavy atom. The molecule has 17 aromatic rings. The van der Waals surface area contributed by atoms with Gasteiger partial charge in [-0.1, -0.05) is 221 Å². The maximum absolute atomic E-state index is 11.4. The van der Waals surface area contributed by atoms with Crippen molar-refractivity contribution in [3.8, 4) is 114 Å². The summed E-state index contributed by atoms with van der Waals surface area (Å²) in [7, 11) is 16.1. The van der Waals surface area contributed by atoms with Crippen molar-refractivity contribution < 1.29 is 165 Å². The second kappa shape index (κ2) is 61.7. The molecule has 4 radical (unpaired) electrons. The number of halogens is 6. The summed E-state index contributed by atoms with van der Waals surface area (Å²) in [4.78, 5) is 64.8. The van der Waals surface area contributed by atoms with E-state index in [2.05, 4.69) is 121 Å². The molecular weight excluding hydrogens is 2660 g/mol. The number of aromatic carboxylic acids is 1. The Kier molecular flexibility index (Phi) is 50.1. The molecule has 0 aliphatic heterocycles. The number of aliphatic hydroxyl groups excluding tert-OH is 2. The number of rotatable bonds is 27. The zero-order valence-electron chi connectivity index (χ0n) is 81.6. The molecule has 0 atom stereocenters. The molecule has 0 saturated heterocycles. The zero-order chi connectivity index (χ0) is 104. The van der Waals surface area contributed by atoms with Gasteiger partial charge in [0.2, 0.25) is 5.76 Å². The number of hydrogen-bond acceptors (Lipinski definition) is 22. The van der Waals surface area contributed by atoms with Crippen LogP contribution in [0.2, 0.25) is 0 Å². The molecule has 0 fully saturated rings. The number of carboxylic acid groups (broad SMARTS) is 1. The molecule has 3 N–H and O–H groups in total. The number of aromatic nitrogens is 5. The fourth-order valence-corrected chi connectivity index (χ4v) is 14.5. The Labute approximate surface area is 924 Å². The number of carbonyl (C=O) groups is 3. The molecule has 5 aromatic heterocycles. The monoisotopic (exact) mass is 2760 g/mol. The van der Waals surface area contributed by atoms with Gasteiger partial charge in [0.25, 0.3) is 5.78 Å². The predicted molar refractivity (Wildman–Crippen MR) is 558 cm³/mol. The van der Waals surface area contributed by atoms with Crippen LogP contribution in [0.4, 0.5) is 49.1 Å². The van der Waals surface area contributed by atoms with Gasteiger partial charge < -0.3 is 83.3 Å². The number of carboxylic acids is 1. The molecule has 17 rings (SSSR count). The van der Waals surface area contributed by atoms with Crippen molar-refractivity contribution in [3.63, 3.8) is 0 Å². The van der Waals surface area contributed by atoms with E-state index in [0.29, 0.717) is 34.5 Å². The number of allylic oxidation sites excluding steroid dienone is 4. The maximum Gasteiger partial charge on any atom is 0.454 e. The molecule has 0 aliphatic carbocycles. The summed E-state index contributed by atoms with van der Waals surface area (Å²) in [5.74, 6) is 1.94. The SMILES string of the molecule is CC(=O)C=C(C)O.CN(C)c1ccnc(-c2[c-]cc(Oc3ccccc3)cc2Oc2ccccc2)c1.CN(C)c1ccnc(-c2[c-]cc(Oc3ccccc3)cc2Oc2ccccc2)c1.CN(C)c1ccnc(-c2[c-]cc(Oc3ccccc3)cc2Oc2ccccc2)c1.CN(C)c1ccnc(-c2[c-]cc(Sc3ccccc3)cc2Sc2ccccc2)c1.O=C(C=C(O)C(F)(F)F)C(F)(F)F.O=C(O)c1ccccn1.[Ir].[Ir].[Ir].[Ir]. The molecule has 5 heterocycles. The molecule has 149 heavy (non-hydrogen) atoms. The Bertz CT molecular complexity index is 6360. The van der Waals surface area contributed by atoms with E-state index in [1.807, 2.05) is 350 Å². The van der Waals surface area contributed by atoms with Crippen molar-refractivity contribution in [3.05, 3.63) is 443 Å². The first-order valence-electron chi connectivity index (χ1n) is 44.5. The Hall–Kier alpha value is -14.8. The molecule has 0 spiro atoms. The van der Waals surface area contributed by atoms with Crippen LogP contribution < -0.4 is 48.0 Å². The van der Waals surface area contributed by atoms with Crippen molar-refractivity contribution in [1.82, 2.24) is 24.9 Å². The summed E-state index contributed by atoms with van der Waals surface area (Å²) < 4.78 is 104. The third-order valence-corrected chi connectivity index (χ3v) is 21.5. The second-order valence-corrected chi connectivity index (χ2v) is 33.9. The van der Waals surface area contributed by atoms with E-state index in [1.165, 1.54) is 46.9 Å². The van der Waals surface area contributed by atoms with E-state index in [9.17, 15) is 40.7 Å². The molecule has 0 aliphatic rings. The van der Waals surface area contributed by atoms with Crippen LogP contribution in [0.1, 0.15) is 24.3 Å². The van der Waals surface area contributed by atoms with Gasteiger partial charge in [-0.3, -0.25) is 9.59 Å². The van der Waals surface area contributed by atoms with Gasteiger partial charge in [-0.25, -0.2) is 9.78 Å². The summed E-state index contributed by atoms with van der Waals surface area (Å²) in [6, 6.07) is 128. The first-order chi connectivity index (χ1) is 69.7. The third kappa shape index (κ3) is 40.7. The topological polar surface area (TPSA) is 245 Å². The van der Waals surface area contributed by atoms with Crippen LogP contribution in [0.3, 0.4) is 0 Å². The average Bonchev–Trinajstić information content (AvgIpc) is 0.817. The number of hydrogen-bond donors (Lipinski definition) is 3. The van der Waals surface area contributed by atoms with Crippen LogP contribution in [0.15, 0.2) is 432 Å². The van der Waals surface area contributed by atoms with E-state index < -0.39 is 35.9 Å². The average molecular weight is 2760 g/mol. The van der Waals surface area contributed by atoms with Gasteiger partial charge in [-0.15, -0.1) is 83.7 Å². The minimum Gasteiger partial charge on any atom is -0.512 e. The van der Waals surface area contributed by atoms with Crippen LogP contribution in [-0.2, 0) is 90.0 Å². The molecular formula is C116H99F6Ir4N9O12S2-4. The largest absolute Gasteiger partial charge is 0.512 e. The van der Waals surface area contributed by atoms with E-state index in [-0.39, 0.29) is 97.7 Å². The number of nitrogens with zero attached hydrogens (tertiary/aromatic N) is 9. The molecule has 12 aromatic carbocycles. The summed E-state index contributed by atoms with van der Waals surface area (Å²) >= 11 is 3.50. The van der Waals surface area contributed by atoms with Crippen LogP contribution in [0.5, 0.6) is 69.0 Å². The van der Waals surface area contributed by atoms with Crippen LogP contribution in [-0.4, -0.2) is 127 Å². The first kappa shape index (κ1) is 121. The fourth-order valence-electron chi connectivity index (χ4n) is 12.6. The Balaban J connectivity index is 0.000000244. The number of anilines is 4. The standard InChI is InChI=1S/3C25H21N2O2.C25H21N2S2.C6H5NO2.C5H2F6O2.C5H8O2.4Ir/c4*1-27(2)19-15-16-26-24(17-19)23-14-13-22(28-20-9-5-3-6-10-20)18-25(23)29-21-11-7-4-8-12-21;8-6(9)5-3-1-2-4-7-5;6-4(7,8)2(12)1-3(13)5(9,10)11;1-4(6)3-5(2)7;;;;/h4*3-13,15-18H,1-2H3;1-4H,(H,8,9);1,12H;3,6H,1-2H3;;;;/q4*-1;;;;;;;. The van der Waals surface area contributed by atoms with Crippen molar-refractivity contribution in [2.24, 2.45) is 0 Å². The molecule has 0 unspecified atom stereocenters. The number of ketones is 2. The minimum atomic E-state index is -5.42. The number of ether oxygens (including phenoxy) is 6. The predicted octanol–water partition coefficient (Wildman–Crippen LogP) is 29.4. The summed E-state index contributed by atoms with van der Waals surface area (Å²) in [5, 5.41) is 24.6. The number of benzene rings is 12. The maximum atomic E-state index is 11.4. The van der Waals surface area contributed by atoms with Crippen LogP contribution >= 0.6 is 23.5 Å². The summed E-state index contributed by atoms with van der Waals surface area (Å²) in [5.41, 5.74) is 11.0. The van der Waals surface area contributed by atoms with E-state index in [4.69, 9.17) is 43.7 Å². The molecule has 0 amide bonds. The molecule has 33 heteroatoms. The molecule has 0 saturated carbocycles. The normalized spacial score (nSPS) is 10.5. The van der Waals surface area contributed by atoms with Gasteiger partial charge >= 0.3 is 18.3 Å². The van der Waals surface area contributed by atoms with Crippen molar-refractivity contribution in [1.29, 1.82) is 0 Å². The number of carbonyl (C=O) groups excluding carboxylic acids is 2. The smallest absolute Gasteiger partial charge is 0.454 e. The zero-order valence-corrected chi connectivity index (χ0v) is 92.8. The van der Waals surface area contributed by atoms with Gasteiger partial charge in [-0.05, 0) is 170 Å². The number of pyridine rings is 5. The number of para-hydroxylation sites is 6. The summed E-state index contributed by atoms with van der Waals surface area (Å²) in [6.45, 7) is 2.85. The third-order valence-electron chi connectivity index (χ3n) is 19.5. The Morgan fingerprint density at radius 1 is 0.302 bits per heavy atom. The van der Waals surface area contributed by atoms with Gasteiger partial charge in [0.15, 0.2) is 5.78 Å². The van der Waals surface area contributed by atoms with Gasteiger partial charge in [0.05, 0.1) is 5.76 Å². The first-order valence-corrected chi connectivity index (χ1v) is 46.1. The molecule has 774 valence electrons. The molecule has 21 nitrogen and oxygen atoms in total. The number of alkyl halides is 6. The van der Waals surface area contributed by atoms with Gasteiger partial charge in [0.1, 0.15) is 40.2 Å². The fraction of sp³-hybridized carbons (Fsp3) is 0.103. The summed E-state index contributed by atoms with van der Waals surface area (Å²) in [6.07, 6.45) is -1.83. The Morgan fingerprint density at radius 2 is 0.584 bits per heavy atom. The quantitative estimate of drug-likeness (QED) is 0.0187. The van der Waals surface area contributed by atoms with Crippen LogP contribution in [0, 0.1) is 24.3 Å². The second-order valence-electron chi connectivity index (χ2n) is 31.6. The van der Waals surface area contributed by atoms with Crippen molar-refractivity contribution in [2.75, 3.05) is 76.0 Å². The van der Waals surface area contributed by atoms with E-state index in [0.717, 1.165) is 107 Å².